The van der Waals surface area contributed by atoms with Crippen molar-refractivity contribution in [3.63, 3.8) is 0 Å². The van der Waals surface area contributed by atoms with Gasteiger partial charge in [-0.05, 0) is 36.1 Å². The van der Waals surface area contributed by atoms with E-state index in [0.29, 0.717) is 0 Å². The monoisotopic (exact) mass is 279 g/mol. The zero-order valence-electron chi connectivity index (χ0n) is 12.1. The molecule has 0 saturated heterocycles. The van der Waals surface area contributed by atoms with Crippen molar-refractivity contribution in [2.75, 3.05) is 7.11 Å². The standard InChI is InChI=1S/C18H17NO2/c1-13-8-9-16-15(12-13)10-11-19(16)17(18(20)21-2)14-6-4-3-5-7-14/h3-12,17H,1-2H3. The fraction of sp³-hybridized carbons (Fsp3) is 0.167. The lowest BCUT2D eigenvalue weighted by atomic mass is 10.1. The Morgan fingerprint density at radius 1 is 1.10 bits per heavy atom. The quantitative estimate of drug-likeness (QED) is 0.684. The van der Waals surface area contributed by atoms with Crippen molar-refractivity contribution in [3.8, 4) is 0 Å². The van der Waals surface area contributed by atoms with Crippen LogP contribution in [0, 0.1) is 6.92 Å². The number of carbonyl (C=O) groups excluding carboxylic acids is 1. The molecule has 0 aliphatic heterocycles. The number of esters is 1. The van der Waals surface area contributed by atoms with Crippen molar-refractivity contribution in [1.82, 2.24) is 4.57 Å². The van der Waals surface area contributed by atoms with E-state index in [0.717, 1.165) is 16.5 Å². The number of benzene rings is 2. The van der Waals surface area contributed by atoms with Gasteiger partial charge in [-0.3, -0.25) is 0 Å². The molecule has 0 aliphatic carbocycles. The van der Waals surface area contributed by atoms with Crippen LogP contribution in [0.2, 0.25) is 0 Å². The van der Waals surface area contributed by atoms with Crippen LogP contribution >= 0.6 is 0 Å². The summed E-state index contributed by atoms with van der Waals surface area (Å²) in [4.78, 5) is 12.3. The number of hydrogen-bond acceptors (Lipinski definition) is 2. The first kappa shape index (κ1) is 13.4. The number of fused-ring (bicyclic) bond motifs is 1. The summed E-state index contributed by atoms with van der Waals surface area (Å²) < 4.78 is 6.97. The van der Waals surface area contributed by atoms with Crippen LogP contribution in [0.25, 0.3) is 10.9 Å². The molecule has 2 aromatic carbocycles. The van der Waals surface area contributed by atoms with Crippen LogP contribution in [0.3, 0.4) is 0 Å². The third-order valence-corrected chi connectivity index (χ3v) is 3.69. The molecule has 1 atom stereocenters. The highest BCUT2D eigenvalue weighted by Gasteiger charge is 2.24. The normalized spacial score (nSPS) is 12.3. The largest absolute Gasteiger partial charge is 0.467 e. The van der Waals surface area contributed by atoms with Crippen molar-refractivity contribution in [1.29, 1.82) is 0 Å². The Hall–Kier alpha value is -2.55. The Morgan fingerprint density at radius 2 is 1.86 bits per heavy atom. The molecule has 1 unspecified atom stereocenters. The van der Waals surface area contributed by atoms with Crippen molar-refractivity contribution < 1.29 is 9.53 Å². The van der Waals surface area contributed by atoms with Crippen LogP contribution in [0.15, 0.2) is 60.8 Å². The Bertz CT molecular complexity index is 774. The van der Waals surface area contributed by atoms with E-state index in [1.807, 2.05) is 53.2 Å². The summed E-state index contributed by atoms with van der Waals surface area (Å²) >= 11 is 0. The summed E-state index contributed by atoms with van der Waals surface area (Å²) in [6.07, 6.45) is 1.94. The smallest absolute Gasteiger partial charge is 0.333 e. The van der Waals surface area contributed by atoms with E-state index in [2.05, 4.69) is 19.1 Å². The number of ether oxygens (including phenoxy) is 1. The number of hydrogen-bond donors (Lipinski definition) is 0. The van der Waals surface area contributed by atoms with E-state index >= 15 is 0 Å². The Morgan fingerprint density at radius 3 is 2.57 bits per heavy atom. The molecule has 0 radical (unpaired) electrons. The first-order valence-electron chi connectivity index (χ1n) is 6.90. The fourth-order valence-corrected chi connectivity index (χ4v) is 2.67. The molecule has 3 rings (SSSR count). The molecule has 0 amide bonds. The maximum atomic E-state index is 12.3. The minimum Gasteiger partial charge on any atom is -0.467 e. The molecule has 3 heteroatoms. The molecule has 0 aliphatic rings. The molecule has 0 fully saturated rings. The van der Waals surface area contributed by atoms with Crippen molar-refractivity contribution >= 4 is 16.9 Å². The maximum Gasteiger partial charge on any atom is 0.333 e. The topological polar surface area (TPSA) is 31.2 Å². The lowest BCUT2D eigenvalue weighted by molar-refractivity contribution is -0.143. The van der Waals surface area contributed by atoms with Gasteiger partial charge in [-0.25, -0.2) is 4.79 Å². The van der Waals surface area contributed by atoms with Crippen LogP contribution in [-0.2, 0) is 9.53 Å². The van der Waals surface area contributed by atoms with E-state index in [-0.39, 0.29) is 5.97 Å². The molecule has 1 aromatic heterocycles. The molecule has 0 saturated carbocycles. The number of carbonyl (C=O) groups is 1. The lowest BCUT2D eigenvalue weighted by Gasteiger charge is -2.18. The SMILES string of the molecule is COC(=O)C(c1ccccc1)n1ccc2cc(C)ccc21. The second kappa shape index (κ2) is 5.44. The number of aromatic nitrogens is 1. The van der Waals surface area contributed by atoms with Gasteiger partial charge in [0.25, 0.3) is 0 Å². The summed E-state index contributed by atoms with van der Waals surface area (Å²) in [6, 6.07) is 17.5. The summed E-state index contributed by atoms with van der Waals surface area (Å²) in [5.74, 6) is -0.265. The van der Waals surface area contributed by atoms with Crippen molar-refractivity contribution in [2.45, 2.75) is 13.0 Å². The number of nitrogens with zero attached hydrogens (tertiary/aromatic N) is 1. The zero-order valence-corrected chi connectivity index (χ0v) is 12.1. The highest BCUT2D eigenvalue weighted by Crippen LogP contribution is 2.26. The van der Waals surface area contributed by atoms with Crippen LogP contribution in [0.5, 0.6) is 0 Å². The van der Waals surface area contributed by atoms with E-state index in [4.69, 9.17) is 4.74 Å². The molecule has 1 heterocycles. The van der Waals surface area contributed by atoms with Crippen molar-refractivity contribution in [2.24, 2.45) is 0 Å². The average Bonchev–Trinajstić information content (AvgIpc) is 2.91. The highest BCUT2D eigenvalue weighted by molar-refractivity contribution is 5.85. The number of aryl methyl sites for hydroxylation is 1. The van der Waals surface area contributed by atoms with Gasteiger partial charge in [-0.1, -0.05) is 42.0 Å². The van der Waals surface area contributed by atoms with Gasteiger partial charge in [0.15, 0.2) is 6.04 Å². The summed E-state index contributed by atoms with van der Waals surface area (Å²) in [6.45, 7) is 2.06. The Kier molecular flexibility index (Phi) is 3.48. The van der Waals surface area contributed by atoms with Crippen LogP contribution in [-0.4, -0.2) is 17.6 Å². The third-order valence-electron chi connectivity index (χ3n) is 3.69. The fourth-order valence-electron chi connectivity index (χ4n) is 2.67. The molecule has 21 heavy (non-hydrogen) atoms. The zero-order chi connectivity index (χ0) is 14.8. The van der Waals surface area contributed by atoms with Crippen molar-refractivity contribution in [3.05, 3.63) is 71.9 Å². The molecular weight excluding hydrogens is 262 g/mol. The first-order chi connectivity index (χ1) is 10.2. The molecule has 3 nitrogen and oxygen atoms in total. The first-order valence-corrected chi connectivity index (χ1v) is 6.90. The van der Waals surface area contributed by atoms with Crippen LogP contribution < -0.4 is 0 Å². The van der Waals surface area contributed by atoms with Gasteiger partial charge in [-0.2, -0.15) is 0 Å². The van der Waals surface area contributed by atoms with Crippen LogP contribution in [0.1, 0.15) is 17.2 Å². The number of methoxy groups -OCH3 is 1. The molecule has 106 valence electrons. The summed E-state index contributed by atoms with van der Waals surface area (Å²) in [5.41, 5.74) is 3.15. The molecule has 3 aromatic rings. The second-order valence-electron chi connectivity index (χ2n) is 5.12. The lowest BCUT2D eigenvalue weighted by Crippen LogP contribution is -2.21. The van der Waals surface area contributed by atoms with E-state index < -0.39 is 6.04 Å². The van der Waals surface area contributed by atoms with Gasteiger partial charge in [-0.15, -0.1) is 0 Å². The van der Waals surface area contributed by atoms with Gasteiger partial charge >= 0.3 is 5.97 Å². The summed E-state index contributed by atoms with van der Waals surface area (Å²) in [7, 11) is 1.42. The van der Waals surface area contributed by atoms with Gasteiger partial charge < -0.3 is 9.30 Å². The molecule has 0 spiro atoms. The highest BCUT2D eigenvalue weighted by atomic mass is 16.5. The predicted molar refractivity (Wildman–Crippen MR) is 83.3 cm³/mol. The summed E-state index contributed by atoms with van der Waals surface area (Å²) in [5, 5.41) is 1.12. The minimum atomic E-state index is -0.462. The van der Waals surface area contributed by atoms with Gasteiger partial charge in [0.2, 0.25) is 0 Å². The minimum absolute atomic E-state index is 0.265. The Labute approximate surface area is 123 Å². The van der Waals surface area contributed by atoms with Gasteiger partial charge in [0.1, 0.15) is 0 Å². The maximum absolute atomic E-state index is 12.3. The average molecular weight is 279 g/mol. The Balaban J connectivity index is 2.17. The molecular formula is C18H17NO2. The van der Waals surface area contributed by atoms with Gasteiger partial charge in [0, 0.05) is 11.7 Å². The third kappa shape index (κ3) is 2.42. The molecule has 0 N–H and O–H groups in total. The number of rotatable bonds is 3. The van der Waals surface area contributed by atoms with E-state index in [1.165, 1.54) is 12.7 Å². The molecule has 0 bridgehead atoms. The second-order valence-corrected chi connectivity index (χ2v) is 5.12. The van der Waals surface area contributed by atoms with Crippen LogP contribution in [0.4, 0.5) is 0 Å². The van der Waals surface area contributed by atoms with E-state index in [9.17, 15) is 4.79 Å². The predicted octanol–water partition coefficient (Wildman–Crippen LogP) is 3.71. The van der Waals surface area contributed by atoms with E-state index in [1.54, 1.807) is 0 Å². The van der Waals surface area contributed by atoms with Gasteiger partial charge in [0.05, 0.1) is 7.11 Å².